The summed E-state index contributed by atoms with van der Waals surface area (Å²) >= 11 is 0. The fraction of sp³-hybridized carbons (Fsp3) is 0.364. The van der Waals surface area contributed by atoms with Gasteiger partial charge in [-0.15, -0.1) is 0 Å². The van der Waals surface area contributed by atoms with Gasteiger partial charge in [0, 0.05) is 5.56 Å². The van der Waals surface area contributed by atoms with E-state index >= 15 is 0 Å². The van der Waals surface area contributed by atoms with Crippen LogP contribution < -0.4 is 0 Å². The molecule has 0 aliphatic rings. The summed E-state index contributed by atoms with van der Waals surface area (Å²) in [6.07, 6.45) is -3.35. The lowest BCUT2D eigenvalue weighted by atomic mass is 10.1. The van der Waals surface area contributed by atoms with Gasteiger partial charge in [-0.05, 0) is 5.56 Å². The smallest absolute Gasteiger partial charge is 0.263 e. The topological polar surface area (TPSA) is 53.2 Å². The molecule has 0 radical (unpaired) electrons. The van der Waals surface area contributed by atoms with Gasteiger partial charge in [-0.1, -0.05) is 24.3 Å². The number of ether oxygens (including phenoxy) is 1. The normalized spacial score (nSPS) is 12.4. The van der Waals surface area contributed by atoms with E-state index in [9.17, 15) is 8.78 Å². The second-order valence-corrected chi connectivity index (χ2v) is 3.07. The van der Waals surface area contributed by atoms with Crippen molar-refractivity contribution in [2.75, 3.05) is 13.2 Å². The molecule has 1 aromatic rings. The maximum absolute atomic E-state index is 12.3. The van der Waals surface area contributed by atoms with Crippen molar-refractivity contribution in [3.8, 4) is 6.07 Å². The first-order valence-corrected chi connectivity index (χ1v) is 4.69. The summed E-state index contributed by atoms with van der Waals surface area (Å²) in [5.74, 6) is 0. The lowest BCUT2D eigenvalue weighted by Crippen LogP contribution is -2.06. The number of halogens is 2. The number of alkyl halides is 2. The molecular weight excluding hydrogens is 216 g/mol. The molecule has 0 heterocycles. The molecule has 0 aliphatic carbocycles. The number of hydrogen-bond acceptors (Lipinski definition) is 3. The summed E-state index contributed by atoms with van der Waals surface area (Å²) in [6.45, 7) is -0.151. The van der Waals surface area contributed by atoms with E-state index in [-0.39, 0.29) is 18.8 Å². The van der Waals surface area contributed by atoms with Gasteiger partial charge in [0.1, 0.15) is 0 Å². The van der Waals surface area contributed by atoms with E-state index in [0.29, 0.717) is 5.56 Å². The van der Waals surface area contributed by atoms with Gasteiger partial charge in [0.25, 0.3) is 6.43 Å². The second kappa shape index (κ2) is 6.16. The Labute approximate surface area is 91.9 Å². The zero-order chi connectivity index (χ0) is 12.0. The monoisotopic (exact) mass is 227 g/mol. The Kier molecular flexibility index (Phi) is 4.83. The Morgan fingerprint density at radius 1 is 1.25 bits per heavy atom. The highest BCUT2D eigenvalue weighted by atomic mass is 19.3. The molecule has 1 aromatic carbocycles. The molecule has 0 fully saturated rings. The van der Waals surface area contributed by atoms with Crippen molar-refractivity contribution in [3.63, 3.8) is 0 Å². The zero-order valence-electron chi connectivity index (χ0n) is 8.44. The average Bonchev–Trinajstić information content (AvgIpc) is 2.30. The van der Waals surface area contributed by atoms with Gasteiger partial charge < -0.3 is 9.84 Å². The maximum Gasteiger partial charge on any atom is 0.263 e. The van der Waals surface area contributed by atoms with Crippen molar-refractivity contribution in [1.82, 2.24) is 0 Å². The fourth-order valence-electron chi connectivity index (χ4n) is 1.19. The summed E-state index contributed by atoms with van der Waals surface area (Å²) in [5, 5.41) is 17.3. The Morgan fingerprint density at radius 3 is 2.25 bits per heavy atom. The van der Waals surface area contributed by atoms with E-state index < -0.39 is 12.5 Å². The van der Waals surface area contributed by atoms with Crippen molar-refractivity contribution < 1.29 is 18.6 Å². The molecule has 0 aromatic heterocycles. The van der Waals surface area contributed by atoms with Gasteiger partial charge in [0.2, 0.25) is 0 Å². The highest BCUT2D eigenvalue weighted by molar-refractivity contribution is 5.27. The van der Waals surface area contributed by atoms with Gasteiger partial charge in [-0.25, -0.2) is 8.78 Å². The summed E-state index contributed by atoms with van der Waals surface area (Å²) in [6, 6.07) is 7.24. The molecular formula is C11H11F2NO2. The third-order valence-electron chi connectivity index (χ3n) is 1.98. The number of aliphatic hydroxyl groups excluding tert-OH is 1. The fourth-order valence-corrected chi connectivity index (χ4v) is 1.19. The number of aliphatic hydroxyl groups is 1. The minimum Gasteiger partial charge on any atom is -0.394 e. The van der Waals surface area contributed by atoms with Crippen LogP contribution >= 0.6 is 0 Å². The number of nitrogens with zero attached hydrogens (tertiary/aromatic N) is 1. The molecule has 0 aliphatic heterocycles. The van der Waals surface area contributed by atoms with Crippen LogP contribution in [0, 0.1) is 11.3 Å². The first-order chi connectivity index (χ1) is 7.69. The van der Waals surface area contributed by atoms with Crippen LogP contribution in [0.1, 0.15) is 23.7 Å². The van der Waals surface area contributed by atoms with E-state index in [1.165, 1.54) is 24.3 Å². The molecule has 3 nitrogen and oxygen atoms in total. The minimum absolute atomic E-state index is 0.0365. The number of rotatable bonds is 5. The zero-order valence-corrected chi connectivity index (χ0v) is 8.44. The molecule has 0 amide bonds. The average molecular weight is 227 g/mol. The van der Waals surface area contributed by atoms with Crippen LogP contribution in [0.3, 0.4) is 0 Å². The van der Waals surface area contributed by atoms with Crippen LogP contribution in [0.25, 0.3) is 0 Å². The van der Waals surface area contributed by atoms with Crippen LogP contribution in [0.2, 0.25) is 0 Å². The summed E-state index contributed by atoms with van der Waals surface area (Å²) in [7, 11) is 0. The summed E-state index contributed by atoms with van der Waals surface area (Å²) < 4.78 is 29.5. The van der Waals surface area contributed by atoms with E-state index in [1.54, 1.807) is 0 Å². The molecule has 5 heteroatoms. The predicted octanol–water partition coefficient (Wildman–Crippen LogP) is 2.20. The number of benzene rings is 1. The molecule has 1 rings (SSSR count). The minimum atomic E-state index is -2.52. The lowest BCUT2D eigenvalue weighted by Gasteiger charge is -2.10. The van der Waals surface area contributed by atoms with Crippen LogP contribution in [-0.4, -0.2) is 18.3 Å². The van der Waals surface area contributed by atoms with E-state index in [0.717, 1.165) is 0 Å². The van der Waals surface area contributed by atoms with E-state index in [1.807, 2.05) is 6.07 Å². The highest BCUT2D eigenvalue weighted by Gasteiger charge is 2.12. The summed E-state index contributed by atoms with van der Waals surface area (Å²) in [4.78, 5) is 0. The molecule has 1 atom stereocenters. The number of hydrogen-bond donors (Lipinski definition) is 1. The Hall–Kier alpha value is -1.51. The molecule has 0 saturated heterocycles. The van der Waals surface area contributed by atoms with Gasteiger partial charge in [0.05, 0.1) is 19.3 Å². The van der Waals surface area contributed by atoms with Crippen molar-refractivity contribution in [2.24, 2.45) is 0 Å². The molecule has 0 spiro atoms. The van der Waals surface area contributed by atoms with Gasteiger partial charge in [-0.2, -0.15) is 5.26 Å². The SMILES string of the molecule is N#CC(OCCO)c1ccc(C(F)F)cc1. The first kappa shape index (κ1) is 12.6. The van der Waals surface area contributed by atoms with Crippen molar-refractivity contribution in [2.45, 2.75) is 12.5 Å². The third-order valence-corrected chi connectivity index (χ3v) is 1.98. The van der Waals surface area contributed by atoms with Gasteiger partial charge in [-0.3, -0.25) is 0 Å². The van der Waals surface area contributed by atoms with Crippen molar-refractivity contribution in [1.29, 1.82) is 5.26 Å². The molecule has 16 heavy (non-hydrogen) atoms. The standard InChI is InChI=1S/C11H11F2NO2/c12-11(13)9-3-1-8(2-4-9)10(7-14)16-6-5-15/h1-4,10-11,15H,5-6H2. The first-order valence-electron chi connectivity index (χ1n) is 4.69. The Bertz CT molecular complexity index is 359. The Morgan fingerprint density at radius 2 is 1.81 bits per heavy atom. The molecule has 0 saturated carbocycles. The van der Waals surface area contributed by atoms with E-state index in [2.05, 4.69) is 0 Å². The predicted molar refractivity (Wildman–Crippen MR) is 52.8 cm³/mol. The second-order valence-electron chi connectivity index (χ2n) is 3.07. The van der Waals surface area contributed by atoms with Crippen LogP contribution in [0.4, 0.5) is 8.78 Å². The Balaban J connectivity index is 2.75. The van der Waals surface area contributed by atoms with Crippen molar-refractivity contribution >= 4 is 0 Å². The van der Waals surface area contributed by atoms with Crippen LogP contribution in [-0.2, 0) is 4.74 Å². The number of nitriles is 1. The third kappa shape index (κ3) is 3.26. The quantitative estimate of drug-likeness (QED) is 0.838. The molecule has 86 valence electrons. The van der Waals surface area contributed by atoms with Gasteiger partial charge in [0.15, 0.2) is 6.10 Å². The molecule has 0 bridgehead atoms. The van der Waals surface area contributed by atoms with Crippen LogP contribution in [0.5, 0.6) is 0 Å². The largest absolute Gasteiger partial charge is 0.394 e. The lowest BCUT2D eigenvalue weighted by molar-refractivity contribution is 0.0581. The van der Waals surface area contributed by atoms with Crippen molar-refractivity contribution in [3.05, 3.63) is 35.4 Å². The maximum atomic E-state index is 12.3. The molecule has 1 N–H and O–H groups in total. The van der Waals surface area contributed by atoms with Crippen LogP contribution in [0.15, 0.2) is 24.3 Å². The molecule has 1 unspecified atom stereocenters. The van der Waals surface area contributed by atoms with Gasteiger partial charge >= 0.3 is 0 Å². The highest BCUT2D eigenvalue weighted by Crippen LogP contribution is 2.22. The summed E-state index contributed by atoms with van der Waals surface area (Å²) in [5.41, 5.74) is 0.406. The van der Waals surface area contributed by atoms with E-state index in [4.69, 9.17) is 15.1 Å².